The Labute approximate surface area is 91.5 Å². The molecule has 0 aliphatic heterocycles. The fourth-order valence-electron chi connectivity index (χ4n) is 0.868. The fraction of sp³-hybridized carbons (Fsp3) is 0.625. The number of aryl methyl sites for hydroxylation is 1. The van der Waals surface area contributed by atoms with Crippen LogP contribution in [0.15, 0.2) is 0 Å². The van der Waals surface area contributed by atoms with Crippen molar-refractivity contribution in [3.63, 3.8) is 0 Å². The first-order valence-electron chi connectivity index (χ1n) is 4.51. The number of ether oxygens (including phenoxy) is 1. The first-order chi connectivity index (χ1) is 7.24. The van der Waals surface area contributed by atoms with Gasteiger partial charge in [-0.1, -0.05) is 0 Å². The number of nitrogens with zero attached hydrogens (tertiary/aromatic N) is 2. The van der Waals surface area contributed by atoms with Gasteiger partial charge in [0.1, 0.15) is 5.82 Å². The molecule has 0 unspecified atom stereocenters. The first kappa shape index (κ1) is 12.0. The van der Waals surface area contributed by atoms with Crippen molar-refractivity contribution < 1.29 is 14.6 Å². The second kappa shape index (κ2) is 6.44. The van der Waals surface area contributed by atoms with Crippen LogP contribution in [-0.2, 0) is 4.74 Å². The number of aromatic nitrogens is 2. The van der Waals surface area contributed by atoms with Crippen LogP contribution in [0.2, 0.25) is 0 Å². The number of aliphatic hydroxyl groups is 1. The van der Waals surface area contributed by atoms with Gasteiger partial charge in [0.15, 0.2) is 0 Å². The van der Waals surface area contributed by atoms with E-state index in [0.29, 0.717) is 24.0 Å². The zero-order valence-electron chi connectivity index (χ0n) is 8.39. The molecule has 1 amide bonds. The average molecular weight is 231 g/mol. The van der Waals surface area contributed by atoms with Crippen molar-refractivity contribution >= 4 is 17.4 Å². The molecule has 0 aliphatic rings. The minimum atomic E-state index is -0.242. The van der Waals surface area contributed by atoms with Crippen molar-refractivity contribution in [2.24, 2.45) is 0 Å². The van der Waals surface area contributed by atoms with E-state index >= 15 is 0 Å². The van der Waals surface area contributed by atoms with Crippen molar-refractivity contribution in [2.45, 2.75) is 6.92 Å². The molecule has 84 valence electrons. The Balaban J connectivity index is 2.19. The van der Waals surface area contributed by atoms with Gasteiger partial charge >= 0.3 is 0 Å². The van der Waals surface area contributed by atoms with Gasteiger partial charge in [0, 0.05) is 6.54 Å². The van der Waals surface area contributed by atoms with Crippen molar-refractivity contribution in [3.8, 4) is 0 Å². The zero-order valence-corrected chi connectivity index (χ0v) is 9.21. The van der Waals surface area contributed by atoms with Gasteiger partial charge in [-0.2, -0.15) is 4.37 Å². The van der Waals surface area contributed by atoms with E-state index in [9.17, 15) is 4.79 Å². The Morgan fingerprint density at radius 2 is 2.40 bits per heavy atom. The Kier molecular flexibility index (Phi) is 5.16. The van der Waals surface area contributed by atoms with Gasteiger partial charge in [0.05, 0.1) is 19.8 Å². The molecule has 1 rings (SSSR count). The van der Waals surface area contributed by atoms with Gasteiger partial charge in [0.2, 0.25) is 5.01 Å². The standard InChI is InChI=1S/C8H13N3O3S/c1-6-10-8(15-11-6)7(13)9-2-4-14-5-3-12/h12H,2-5H2,1H3,(H,9,13). The molecule has 0 spiro atoms. The molecule has 0 fully saturated rings. The third kappa shape index (κ3) is 4.32. The predicted molar refractivity (Wildman–Crippen MR) is 54.9 cm³/mol. The van der Waals surface area contributed by atoms with Crippen molar-refractivity contribution in [2.75, 3.05) is 26.4 Å². The molecule has 7 heteroatoms. The molecule has 15 heavy (non-hydrogen) atoms. The van der Waals surface area contributed by atoms with Crippen LogP contribution >= 0.6 is 11.5 Å². The lowest BCUT2D eigenvalue weighted by molar-refractivity contribution is 0.0838. The van der Waals surface area contributed by atoms with E-state index in [-0.39, 0.29) is 19.1 Å². The maximum absolute atomic E-state index is 11.4. The number of carbonyl (C=O) groups excluding carboxylic acids is 1. The van der Waals surface area contributed by atoms with Crippen molar-refractivity contribution in [3.05, 3.63) is 10.8 Å². The quantitative estimate of drug-likeness (QED) is 0.650. The van der Waals surface area contributed by atoms with Gasteiger partial charge in [-0.15, -0.1) is 0 Å². The second-order valence-electron chi connectivity index (χ2n) is 2.74. The number of nitrogens with one attached hydrogen (secondary N) is 1. The Morgan fingerprint density at radius 1 is 1.60 bits per heavy atom. The van der Waals surface area contributed by atoms with E-state index < -0.39 is 0 Å². The third-order valence-corrected chi connectivity index (χ3v) is 2.29. The van der Waals surface area contributed by atoms with Crippen LogP contribution in [-0.4, -0.2) is 46.7 Å². The fourth-order valence-corrected chi connectivity index (χ4v) is 1.46. The molecule has 0 saturated carbocycles. The summed E-state index contributed by atoms with van der Waals surface area (Å²) in [6, 6.07) is 0. The van der Waals surface area contributed by atoms with Crippen LogP contribution in [0.3, 0.4) is 0 Å². The number of amides is 1. The molecule has 0 saturated heterocycles. The summed E-state index contributed by atoms with van der Waals surface area (Å²) in [7, 11) is 0. The Morgan fingerprint density at radius 3 is 3.00 bits per heavy atom. The molecule has 2 N–H and O–H groups in total. The monoisotopic (exact) mass is 231 g/mol. The van der Waals surface area contributed by atoms with E-state index in [2.05, 4.69) is 14.7 Å². The Bertz CT molecular complexity index is 316. The molecular formula is C8H13N3O3S. The SMILES string of the molecule is Cc1nsc(C(=O)NCCOCCO)n1. The number of rotatable bonds is 6. The molecule has 0 aliphatic carbocycles. The highest BCUT2D eigenvalue weighted by molar-refractivity contribution is 7.07. The number of hydrogen-bond donors (Lipinski definition) is 2. The molecule has 6 nitrogen and oxygen atoms in total. The summed E-state index contributed by atoms with van der Waals surface area (Å²) in [4.78, 5) is 15.3. The first-order valence-corrected chi connectivity index (χ1v) is 5.28. The number of carbonyl (C=O) groups is 1. The molecule has 0 aromatic carbocycles. The molecule has 1 aromatic heterocycles. The molecule has 1 aromatic rings. The lowest BCUT2D eigenvalue weighted by Crippen LogP contribution is -2.27. The van der Waals surface area contributed by atoms with E-state index in [1.54, 1.807) is 6.92 Å². The molecule has 0 radical (unpaired) electrons. The normalized spacial score (nSPS) is 10.3. The summed E-state index contributed by atoms with van der Waals surface area (Å²) < 4.78 is 8.88. The maximum atomic E-state index is 11.4. The molecule has 0 atom stereocenters. The lowest BCUT2D eigenvalue weighted by Gasteiger charge is -2.02. The molecule has 0 bridgehead atoms. The van der Waals surface area contributed by atoms with Crippen LogP contribution in [0.1, 0.15) is 15.6 Å². The van der Waals surface area contributed by atoms with Gasteiger partial charge < -0.3 is 15.2 Å². The van der Waals surface area contributed by atoms with E-state index in [1.165, 1.54) is 0 Å². The molecule has 1 heterocycles. The van der Waals surface area contributed by atoms with Gasteiger partial charge in [-0.3, -0.25) is 4.79 Å². The van der Waals surface area contributed by atoms with Crippen LogP contribution in [0.25, 0.3) is 0 Å². The van der Waals surface area contributed by atoms with Gasteiger partial charge in [0.25, 0.3) is 5.91 Å². The summed E-state index contributed by atoms with van der Waals surface area (Å²) in [5.41, 5.74) is 0. The minimum absolute atomic E-state index is 0.0104. The van der Waals surface area contributed by atoms with E-state index in [4.69, 9.17) is 9.84 Å². The largest absolute Gasteiger partial charge is 0.394 e. The summed E-state index contributed by atoms with van der Waals surface area (Å²) in [6.07, 6.45) is 0. The average Bonchev–Trinajstić information content (AvgIpc) is 2.64. The zero-order chi connectivity index (χ0) is 11.1. The summed E-state index contributed by atoms with van der Waals surface area (Å²) >= 11 is 1.07. The number of aliphatic hydroxyl groups excluding tert-OH is 1. The van der Waals surface area contributed by atoms with E-state index in [0.717, 1.165) is 11.5 Å². The van der Waals surface area contributed by atoms with Gasteiger partial charge in [-0.05, 0) is 18.5 Å². The maximum Gasteiger partial charge on any atom is 0.281 e. The predicted octanol–water partition coefficient (Wildman–Crippen LogP) is -0.415. The topological polar surface area (TPSA) is 84.3 Å². The van der Waals surface area contributed by atoms with Crippen LogP contribution in [0.5, 0.6) is 0 Å². The van der Waals surface area contributed by atoms with Crippen molar-refractivity contribution in [1.29, 1.82) is 0 Å². The number of hydrogen-bond acceptors (Lipinski definition) is 6. The highest BCUT2D eigenvalue weighted by Crippen LogP contribution is 2.02. The summed E-state index contributed by atoms with van der Waals surface area (Å²) in [5.74, 6) is 0.356. The highest BCUT2D eigenvalue weighted by atomic mass is 32.1. The highest BCUT2D eigenvalue weighted by Gasteiger charge is 2.09. The minimum Gasteiger partial charge on any atom is -0.394 e. The Hall–Kier alpha value is -1.05. The van der Waals surface area contributed by atoms with Crippen LogP contribution in [0.4, 0.5) is 0 Å². The summed E-state index contributed by atoms with van der Waals surface area (Å²) in [5, 5.41) is 11.4. The third-order valence-electron chi connectivity index (χ3n) is 1.49. The van der Waals surface area contributed by atoms with E-state index in [1.807, 2.05) is 0 Å². The van der Waals surface area contributed by atoms with Crippen LogP contribution < -0.4 is 5.32 Å². The lowest BCUT2D eigenvalue weighted by atomic mass is 10.5. The van der Waals surface area contributed by atoms with Crippen LogP contribution in [0, 0.1) is 6.92 Å². The smallest absolute Gasteiger partial charge is 0.281 e. The molecular weight excluding hydrogens is 218 g/mol. The summed E-state index contributed by atoms with van der Waals surface area (Å²) in [6.45, 7) is 2.79. The van der Waals surface area contributed by atoms with Gasteiger partial charge in [-0.25, -0.2) is 4.98 Å². The van der Waals surface area contributed by atoms with Crippen molar-refractivity contribution in [1.82, 2.24) is 14.7 Å². The second-order valence-corrected chi connectivity index (χ2v) is 3.49.